The molecular formula is C9H8N2O. The molecule has 1 aliphatic carbocycles. The molecule has 0 saturated carbocycles. The van der Waals surface area contributed by atoms with E-state index in [-0.39, 0.29) is 5.78 Å². The molecule has 1 N–H and O–H groups in total. The van der Waals surface area contributed by atoms with Crippen molar-refractivity contribution in [1.82, 2.24) is 5.43 Å². The summed E-state index contributed by atoms with van der Waals surface area (Å²) in [5.41, 5.74) is 4.74. The van der Waals surface area contributed by atoms with Gasteiger partial charge in [-0.2, -0.15) is 5.10 Å². The topological polar surface area (TPSA) is 41.5 Å². The number of hydrazone groups is 1. The molecule has 1 heterocycles. The van der Waals surface area contributed by atoms with Gasteiger partial charge < -0.3 is 0 Å². The fraction of sp³-hybridized carbons (Fsp3) is 0.111. The zero-order valence-electron chi connectivity index (χ0n) is 6.45. The van der Waals surface area contributed by atoms with Crippen LogP contribution in [0.4, 0.5) is 0 Å². The number of nitrogens with zero attached hydrogens (tertiary/aromatic N) is 1. The molecule has 0 atom stereocenters. The summed E-state index contributed by atoms with van der Waals surface area (Å²) in [4.78, 5) is 11.0. The van der Waals surface area contributed by atoms with Crippen LogP contribution in [0.15, 0.2) is 40.7 Å². The minimum absolute atomic E-state index is 0.117. The van der Waals surface area contributed by atoms with E-state index in [0.29, 0.717) is 6.42 Å². The minimum atomic E-state index is 0.117. The van der Waals surface area contributed by atoms with Crippen molar-refractivity contribution in [3.8, 4) is 0 Å². The lowest BCUT2D eigenvalue weighted by Gasteiger charge is -2.10. The fourth-order valence-electron chi connectivity index (χ4n) is 1.18. The molecule has 0 amide bonds. The van der Waals surface area contributed by atoms with Crippen molar-refractivity contribution in [1.29, 1.82) is 0 Å². The molecular weight excluding hydrogens is 152 g/mol. The van der Waals surface area contributed by atoms with Gasteiger partial charge in [0, 0.05) is 11.9 Å². The first-order valence-corrected chi connectivity index (χ1v) is 3.76. The van der Waals surface area contributed by atoms with Gasteiger partial charge in [-0.1, -0.05) is 6.08 Å². The van der Waals surface area contributed by atoms with Gasteiger partial charge >= 0.3 is 0 Å². The van der Waals surface area contributed by atoms with E-state index in [1.165, 1.54) is 0 Å². The summed E-state index contributed by atoms with van der Waals surface area (Å²) in [5, 5.41) is 3.88. The highest BCUT2D eigenvalue weighted by Gasteiger charge is 2.11. The van der Waals surface area contributed by atoms with Crippen LogP contribution >= 0.6 is 0 Å². The first-order chi connectivity index (χ1) is 5.86. The molecule has 12 heavy (non-hydrogen) atoms. The highest BCUT2D eigenvalue weighted by molar-refractivity contribution is 5.94. The normalized spacial score (nSPS) is 20.5. The molecule has 2 aliphatic rings. The zero-order chi connectivity index (χ0) is 8.39. The molecule has 0 spiro atoms. The van der Waals surface area contributed by atoms with Gasteiger partial charge in [-0.05, 0) is 23.8 Å². The second-order valence-electron chi connectivity index (χ2n) is 2.66. The van der Waals surface area contributed by atoms with Crippen LogP contribution in [0.1, 0.15) is 6.42 Å². The Bertz CT molecular complexity index is 334. The molecule has 1 aliphatic heterocycles. The van der Waals surface area contributed by atoms with Crippen LogP contribution in [-0.2, 0) is 4.79 Å². The Morgan fingerprint density at radius 3 is 3.17 bits per heavy atom. The second kappa shape index (κ2) is 2.77. The third-order valence-corrected chi connectivity index (χ3v) is 1.78. The summed E-state index contributed by atoms with van der Waals surface area (Å²) in [6, 6.07) is 0. The lowest BCUT2D eigenvalue weighted by Crippen LogP contribution is -2.13. The molecule has 0 aromatic rings. The maximum atomic E-state index is 11.0. The molecule has 3 heteroatoms. The van der Waals surface area contributed by atoms with Crippen molar-refractivity contribution >= 4 is 12.0 Å². The van der Waals surface area contributed by atoms with E-state index >= 15 is 0 Å². The van der Waals surface area contributed by atoms with Gasteiger partial charge in [0.1, 0.15) is 0 Å². The summed E-state index contributed by atoms with van der Waals surface area (Å²) in [5.74, 6) is 0.117. The van der Waals surface area contributed by atoms with Crippen molar-refractivity contribution < 1.29 is 4.79 Å². The Morgan fingerprint density at radius 1 is 1.33 bits per heavy atom. The highest BCUT2D eigenvalue weighted by Crippen LogP contribution is 2.16. The number of carbonyl (C=O) groups excluding carboxylic acids is 1. The lowest BCUT2D eigenvalue weighted by molar-refractivity contribution is -0.114. The van der Waals surface area contributed by atoms with Crippen LogP contribution in [0.3, 0.4) is 0 Å². The smallest absolute Gasteiger partial charge is 0.161 e. The predicted octanol–water partition coefficient (Wildman–Crippen LogP) is 0.915. The molecule has 0 saturated heterocycles. The summed E-state index contributed by atoms with van der Waals surface area (Å²) >= 11 is 0. The van der Waals surface area contributed by atoms with E-state index in [4.69, 9.17) is 0 Å². The molecule has 2 rings (SSSR count). The fourth-order valence-corrected chi connectivity index (χ4v) is 1.18. The van der Waals surface area contributed by atoms with Crippen molar-refractivity contribution in [2.75, 3.05) is 0 Å². The summed E-state index contributed by atoms with van der Waals surface area (Å²) in [6.45, 7) is 0. The van der Waals surface area contributed by atoms with E-state index in [1.807, 2.05) is 12.2 Å². The lowest BCUT2D eigenvalue weighted by atomic mass is 10.0. The first kappa shape index (κ1) is 7.03. The maximum absolute atomic E-state index is 11.0. The Labute approximate surface area is 70.2 Å². The monoisotopic (exact) mass is 160 g/mol. The quantitative estimate of drug-likeness (QED) is 0.572. The number of carbonyl (C=O) groups is 1. The van der Waals surface area contributed by atoms with Crippen LogP contribution in [0.5, 0.6) is 0 Å². The average Bonchev–Trinajstić information content (AvgIpc) is 2.28. The molecule has 0 fully saturated rings. The number of hydrogen-bond donors (Lipinski definition) is 1. The predicted molar refractivity (Wildman–Crippen MR) is 46.6 cm³/mol. The van der Waals surface area contributed by atoms with Gasteiger partial charge in [0.05, 0.1) is 6.42 Å². The molecule has 0 radical (unpaired) electrons. The third-order valence-electron chi connectivity index (χ3n) is 1.78. The van der Waals surface area contributed by atoms with Crippen LogP contribution in [-0.4, -0.2) is 12.0 Å². The first-order valence-electron chi connectivity index (χ1n) is 3.76. The van der Waals surface area contributed by atoms with E-state index in [9.17, 15) is 4.79 Å². The van der Waals surface area contributed by atoms with Crippen molar-refractivity contribution in [2.24, 2.45) is 5.10 Å². The van der Waals surface area contributed by atoms with Gasteiger partial charge in [-0.3, -0.25) is 10.2 Å². The van der Waals surface area contributed by atoms with Crippen LogP contribution < -0.4 is 5.43 Å². The highest BCUT2D eigenvalue weighted by atomic mass is 16.1. The summed E-state index contributed by atoms with van der Waals surface area (Å²) in [7, 11) is 0. The third kappa shape index (κ3) is 1.21. The number of hydrogen-bond acceptors (Lipinski definition) is 3. The number of ketones is 1. The van der Waals surface area contributed by atoms with Gasteiger partial charge in [0.25, 0.3) is 0 Å². The Balaban J connectivity index is 2.36. The van der Waals surface area contributed by atoms with E-state index in [0.717, 1.165) is 11.3 Å². The van der Waals surface area contributed by atoms with Crippen LogP contribution in [0, 0.1) is 0 Å². The van der Waals surface area contributed by atoms with Gasteiger partial charge in [0.2, 0.25) is 0 Å². The SMILES string of the molecule is O=C1C=CC2=C(C1)NN=CC=C2. The van der Waals surface area contributed by atoms with Gasteiger partial charge in [-0.25, -0.2) is 0 Å². The van der Waals surface area contributed by atoms with E-state index < -0.39 is 0 Å². The van der Waals surface area contributed by atoms with Crippen molar-refractivity contribution in [3.63, 3.8) is 0 Å². The van der Waals surface area contributed by atoms with Crippen LogP contribution in [0.25, 0.3) is 0 Å². The minimum Gasteiger partial charge on any atom is -0.294 e. The standard InChI is InChI=1S/C9H8N2O/c12-8-4-3-7-2-1-5-10-11-9(7)6-8/h1-5,11H,6H2. The largest absolute Gasteiger partial charge is 0.294 e. The van der Waals surface area contributed by atoms with Crippen molar-refractivity contribution in [3.05, 3.63) is 35.6 Å². The summed E-state index contributed by atoms with van der Waals surface area (Å²) < 4.78 is 0. The number of rotatable bonds is 0. The zero-order valence-corrected chi connectivity index (χ0v) is 6.45. The summed E-state index contributed by atoms with van der Waals surface area (Å²) in [6.07, 6.45) is 9.26. The average molecular weight is 160 g/mol. The van der Waals surface area contributed by atoms with E-state index in [1.54, 1.807) is 18.4 Å². The molecule has 3 nitrogen and oxygen atoms in total. The van der Waals surface area contributed by atoms with Crippen molar-refractivity contribution in [2.45, 2.75) is 6.42 Å². The number of nitrogens with one attached hydrogen (secondary N) is 1. The molecule has 0 aromatic heterocycles. The molecule has 0 aromatic carbocycles. The van der Waals surface area contributed by atoms with E-state index in [2.05, 4.69) is 10.5 Å². The molecule has 0 bridgehead atoms. The second-order valence-corrected chi connectivity index (χ2v) is 2.66. The van der Waals surface area contributed by atoms with Gasteiger partial charge in [0.15, 0.2) is 5.78 Å². The Hall–Kier alpha value is -1.64. The number of allylic oxidation sites excluding steroid dienone is 6. The van der Waals surface area contributed by atoms with Gasteiger partial charge in [-0.15, -0.1) is 0 Å². The Morgan fingerprint density at radius 2 is 2.25 bits per heavy atom. The molecule has 60 valence electrons. The van der Waals surface area contributed by atoms with Crippen LogP contribution in [0.2, 0.25) is 0 Å². The maximum Gasteiger partial charge on any atom is 0.161 e. The Kier molecular flexibility index (Phi) is 1.63. The molecule has 0 unspecified atom stereocenters.